The topological polar surface area (TPSA) is 123 Å². The first-order valence-corrected chi connectivity index (χ1v) is 12.5. The summed E-state index contributed by atoms with van der Waals surface area (Å²) >= 11 is 0. The molecule has 1 aromatic carbocycles. The third kappa shape index (κ3) is 6.70. The molecule has 224 valence electrons. The lowest BCUT2D eigenvalue weighted by atomic mass is 9.96. The van der Waals surface area contributed by atoms with Crippen LogP contribution in [0.3, 0.4) is 0 Å². The summed E-state index contributed by atoms with van der Waals surface area (Å²) in [6, 6.07) is 2.09. The number of hydrogen-bond acceptors (Lipinski definition) is 9. The Hall–Kier alpha value is -4.47. The van der Waals surface area contributed by atoms with Crippen molar-refractivity contribution in [1.82, 2.24) is 29.7 Å². The van der Waals surface area contributed by atoms with Crippen LogP contribution < -0.4 is 14.8 Å². The van der Waals surface area contributed by atoms with E-state index >= 15 is 0 Å². The number of rotatable bonds is 7. The molecule has 1 atom stereocenters. The number of amides is 2. The standard InChI is InChI=1S/C26H26F5N7O4/c1-14(22(39)36-19-11-33-20(12-32-19)42-18-6-5-15(27)9-16(18)28)37-7-8-38(25(2,3)13-37)24(40)17-10-34-23(41-4)21(35-17)26(29,30)31/h5-6,9-12,14H,7-8,13H2,1-4H3,(H,32,36,39)/t14-/m0/s1. The number of anilines is 1. The molecular weight excluding hydrogens is 569 g/mol. The molecule has 0 unspecified atom stereocenters. The molecule has 1 fully saturated rings. The normalized spacial score (nSPS) is 16.1. The van der Waals surface area contributed by atoms with Gasteiger partial charge in [0.1, 0.15) is 11.5 Å². The summed E-state index contributed by atoms with van der Waals surface area (Å²) in [7, 11) is 1.02. The Morgan fingerprint density at radius 2 is 1.81 bits per heavy atom. The molecule has 0 bridgehead atoms. The highest BCUT2D eigenvalue weighted by molar-refractivity contribution is 5.94. The van der Waals surface area contributed by atoms with Crippen LogP contribution in [0.1, 0.15) is 37.0 Å². The van der Waals surface area contributed by atoms with Crippen molar-refractivity contribution in [2.24, 2.45) is 0 Å². The van der Waals surface area contributed by atoms with E-state index in [1.807, 2.05) is 4.90 Å². The fourth-order valence-corrected chi connectivity index (χ4v) is 4.35. The average molecular weight is 596 g/mol. The maximum Gasteiger partial charge on any atom is 0.438 e. The summed E-state index contributed by atoms with van der Waals surface area (Å²) in [6.07, 6.45) is -1.58. The number of halogens is 5. The number of ether oxygens (including phenoxy) is 2. The minimum atomic E-state index is -4.87. The fraction of sp³-hybridized carbons (Fsp3) is 0.385. The molecule has 1 aliphatic heterocycles. The Morgan fingerprint density at radius 3 is 2.40 bits per heavy atom. The van der Waals surface area contributed by atoms with E-state index in [4.69, 9.17) is 4.74 Å². The third-order valence-electron chi connectivity index (χ3n) is 6.51. The SMILES string of the molecule is COc1ncc(C(=O)N2CCN([C@@H](C)C(=O)Nc3cnc(Oc4ccc(F)cc4F)cn3)CC2(C)C)nc1C(F)(F)F. The maximum atomic E-state index is 13.8. The van der Waals surface area contributed by atoms with Gasteiger partial charge in [-0.3, -0.25) is 14.5 Å². The zero-order chi connectivity index (χ0) is 30.8. The molecule has 1 N–H and O–H groups in total. The van der Waals surface area contributed by atoms with Gasteiger partial charge in [-0.25, -0.2) is 28.7 Å². The molecule has 11 nitrogen and oxygen atoms in total. The van der Waals surface area contributed by atoms with Crippen molar-refractivity contribution >= 4 is 17.6 Å². The maximum absolute atomic E-state index is 13.8. The van der Waals surface area contributed by atoms with E-state index in [1.165, 1.54) is 11.1 Å². The van der Waals surface area contributed by atoms with Gasteiger partial charge >= 0.3 is 6.18 Å². The van der Waals surface area contributed by atoms with Crippen LogP contribution in [0, 0.1) is 11.6 Å². The Morgan fingerprint density at radius 1 is 1.07 bits per heavy atom. The van der Waals surface area contributed by atoms with Gasteiger partial charge in [-0.1, -0.05) is 0 Å². The quantitative estimate of drug-likeness (QED) is 0.405. The fourth-order valence-electron chi connectivity index (χ4n) is 4.35. The lowest BCUT2D eigenvalue weighted by Crippen LogP contribution is -2.63. The van der Waals surface area contributed by atoms with E-state index in [9.17, 15) is 31.5 Å². The van der Waals surface area contributed by atoms with Gasteiger partial charge in [0.05, 0.1) is 37.3 Å². The van der Waals surface area contributed by atoms with E-state index in [0.29, 0.717) is 6.07 Å². The molecule has 42 heavy (non-hydrogen) atoms. The van der Waals surface area contributed by atoms with E-state index < -0.39 is 58.5 Å². The number of carbonyl (C=O) groups is 2. The molecule has 0 radical (unpaired) electrons. The van der Waals surface area contributed by atoms with Gasteiger partial charge in [0.2, 0.25) is 23.4 Å². The van der Waals surface area contributed by atoms with Gasteiger partial charge in [0, 0.05) is 25.7 Å². The molecule has 1 saturated heterocycles. The largest absolute Gasteiger partial charge is 0.479 e. The Bertz CT molecular complexity index is 1470. The molecule has 4 rings (SSSR count). The van der Waals surface area contributed by atoms with Crippen molar-refractivity contribution in [3.63, 3.8) is 0 Å². The number of aromatic nitrogens is 4. The summed E-state index contributed by atoms with van der Waals surface area (Å²) in [5.41, 5.74) is -2.77. The van der Waals surface area contributed by atoms with Crippen LogP contribution in [0.5, 0.6) is 17.5 Å². The Balaban J connectivity index is 1.38. The summed E-state index contributed by atoms with van der Waals surface area (Å²) in [5, 5.41) is 2.62. The van der Waals surface area contributed by atoms with Crippen LogP contribution >= 0.6 is 0 Å². The molecule has 1 aliphatic rings. The van der Waals surface area contributed by atoms with Gasteiger partial charge in [0.25, 0.3) is 5.91 Å². The van der Waals surface area contributed by atoms with Crippen LogP contribution in [-0.4, -0.2) is 79.9 Å². The zero-order valence-electron chi connectivity index (χ0n) is 22.9. The minimum Gasteiger partial charge on any atom is -0.479 e. The molecular formula is C26H26F5N7O4. The number of alkyl halides is 3. The van der Waals surface area contributed by atoms with Gasteiger partial charge < -0.3 is 19.7 Å². The van der Waals surface area contributed by atoms with Crippen LogP contribution in [0.4, 0.5) is 27.8 Å². The lowest BCUT2D eigenvalue weighted by molar-refractivity contribution is -0.142. The lowest BCUT2D eigenvalue weighted by Gasteiger charge is -2.48. The second-order valence-corrected chi connectivity index (χ2v) is 9.93. The van der Waals surface area contributed by atoms with Crippen molar-refractivity contribution in [1.29, 1.82) is 0 Å². The van der Waals surface area contributed by atoms with Gasteiger partial charge in [-0.05, 0) is 32.9 Å². The minimum absolute atomic E-state index is 0.0852. The Kier molecular flexibility index (Phi) is 8.56. The van der Waals surface area contributed by atoms with Crippen molar-refractivity contribution in [2.45, 2.75) is 38.5 Å². The second-order valence-electron chi connectivity index (χ2n) is 9.93. The molecule has 16 heteroatoms. The van der Waals surface area contributed by atoms with Crippen LogP contribution in [0.25, 0.3) is 0 Å². The third-order valence-corrected chi connectivity index (χ3v) is 6.51. The average Bonchev–Trinajstić information content (AvgIpc) is 2.93. The monoisotopic (exact) mass is 595 g/mol. The number of nitrogens with zero attached hydrogens (tertiary/aromatic N) is 6. The number of carbonyl (C=O) groups excluding carboxylic acids is 2. The van der Waals surface area contributed by atoms with Gasteiger partial charge in [-0.15, -0.1) is 0 Å². The van der Waals surface area contributed by atoms with Crippen LogP contribution in [0.2, 0.25) is 0 Å². The van der Waals surface area contributed by atoms with Crippen molar-refractivity contribution in [3.8, 4) is 17.5 Å². The highest BCUT2D eigenvalue weighted by Crippen LogP contribution is 2.34. The number of benzene rings is 1. The predicted molar refractivity (Wildman–Crippen MR) is 137 cm³/mol. The molecule has 3 aromatic rings. The summed E-state index contributed by atoms with van der Waals surface area (Å²) in [6.45, 7) is 5.64. The molecule has 0 saturated carbocycles. The first-order valence-electron chi connectivity index (χ1n) is 12.5. The number of piperazine rings is 1. The first kappa shape index (κ1) is 30.5. The number of methoxy groups -OCH3 is 1. The van der Waals surface area contributed by atoms with Crippen LogP contribution in [-0.2, 0) is 11.0 Å². The first-order chi connectivity index (χ1) is 19.7. The van der Waals surface area contributed by atoms with Crippen molar-refractivity contribution in [2.75, 3.05) is 32.1 Å². The summed E-state index contributed by atoms with van der Waals surface area (Å²) < 4.78 is 76.9. The van der Waals surface area contributed by atoms with Crippen molar-refractivity contribution < 1.29 is 41.0 Å². The van der Waals surface area contributed by atoms with E-state index in [-0.39, 0.29) is 37.1 Å². The summed E-state index contributed by atoms with van der Waals surface area (Å²) in [4.78, 5) is 44.4. The van der Waals surface area contributed by atoms with Gasteiger partial charge in [-0.2, -0.15) is 13.2 Å². The predicted octanol–water partition coefficient (Wildman–Crippen LogP) is 3.93. The van der Waals surface area contributed by atoms with Gasteiger partial charge in [0.15, 0.2) is 17.4 Å². The van der Waals surface area contributed by atoms with Crippen molar-refractivity contribution in [3.05, 3.63) is 59.8 Å². The van der Waals surface area contributed by atoms with E-state index in [2.05, 4.69) is 30.0 Å². The number of hydrogen-bond donors (Lipinski definition) is 1. The number of nitrogens with one attached hydrogen (secondary N) is 1. The smallest absolute Gasteiger partial charge is 0.438 e. The van der Waals surface area contributed by atoms with E-state index in [1.54, 1.807) is 20.8 Å². The second kappa shape index (κ2) is 11.8. The Labute approximate surface area is 236 Å². The van der Waals surface area contributed by atoms with E-state index in [0.717, 1.165) is 31.6 Å². The highest BCUT2D eigenvalue weighted by Gasteiger charge is 2.42. The van der Waals surface area contributed by atoms with Crippen LogP contribution in [0.15, 0.2) is 36.8 Å². The molecule has 0 spiro atoms. The highest BCUT2D eigenvalue weighted by atomic mass is 19.4. The molecule has 2 amide bonds. The summed E-state index contributed by atoms with van der Waals surface area (Å²) in [5.74, 6) is -3.85. The molecule has 0 aliphatic carbocycles. The zero-order valence-corrected chi connectivity index (χ0v) is 22.9. The molecule has 2 aromatic heterocycles. The molecule has 3 heterocycles.